The van der Waals surface area contributed by atoms with Crippen LogP contribution in [-0.4, -0.2) is 23.7 Å². The molecule has 7 nitrogen and oxygen atoms in total. The number of benzene rings is 3. The molecule has 5 N–H and O–H groups in total. The largest absolute Gasteiger partial charge is 0.482 e. The Morgan fingerprint density at radius 2 is 1.57 bits per heavy atom. The van der Waals surface area contributed by atoms with Crippen molar-refractivity contribution in [1.82, 2.24) is 0 Å². The van der Waals surface area contributed by atoms with Crippen LogP contribution in [0.25, 0.3) is 0 Å². The van der Waals surface area contributed by atoms with Crippen LogP contribution in [0.2, 0.25) is 0 Å². The Bertz CT molecular complexity index is 1190. The molecule has 1 unspecified atom stereocenters. The maximum Gasteiger partial charge on any atom is 0.354 e. The van der Waals surface area contributed by atoms with Gasteiger partial charge < -0.3 is 20.4 Å². The molecular formula is C28H28N2O5. The molecule has 7 heteroatoms. The Hall–Kier alpha value is -4.10. The van der Waals surface area contributed by atoms with E-state index in [2.05, 4.69) is 0 Å². The molecular weight excluding hydrogens is 444 g/mol. The van der Waals surface area contributed by atoms with Crippen LogP contribution in [0.15, 0.2) is 90.1 Å². The second-order valence-corrected chi connectivity index (χ2v) is 8.54. The van der Waals surface area contributed by atoms with Gasteiger partial charge in [0.1, 0.15) is 5.75 Å². The topological polar surface area (TPSA) is 125 Å². The molecule has 0 saturated carbocycles. The molecule has 0 aliphatic heterocycles. The average molecular weight is 473 g/mol. The lowest BCUT2D eigenvalue weighted by Crippen LogP contribution is -2.29. The number of carboxylic acids is 1. The summed E-state index contributed by atoms with van der Waals surface area (Å²) in [4.78, 5) is 28.7. The van der Waals surface area contributed by atoms with E-state index in [0.717, 1.165) is 22.3 Å². The number of allylic oxidation sites excluding steroid dienone is 1. The molecule has 0 fully saturated rings. The van der Waals surface area contributed by atoms with Crippen molar-refractivity contribution in [2.75, 3.05) is 6.61 Å². The molecule has 3 aromatic carbocycles. The van der Waals surface area contributed by atoms with E-state index < -0.39 is 18.5 Å². The van der Waals surface area contributed by atoms with Gasteiger partial charge in [-0.1, -0.05) is 72.8 Å². The van der Waals surface area contributed by atoms with Gasteiger partial charge in [-0.2, -0.15) is 5.90 Å². The number of fused-ring (bicyclic) bond motifs is 1. The molecule has 0 aromatic heterocycles. The number of aliphatic carboxylic acids is 1. The number of nitrogens with two attached hydrogens (primary N) is 2. The van der Waals surface area contributed by atoms with Crippen LogP contribution in [0.3, 0.4) is 0 Å². The molecule has 0 spiro atoms. The van der Waals surface area contributed by atoms with Crippen molar-refractivity contribution in [3.63, 3.8) is 0 Å². The smallest absolute Gasteiger partial charge is 0.354 e. The van der Waals surface area contributed by atoms with E-state index in [0.29, 0.717) is 36.3 Å². The van der Waals surface area contributed by atoms with Crippen molar-refractivity contribution in [3.05, 3.63) is 112 Å². The molecule has 0 saturated heterocycles. The maximum atomic E-state index is 13.0. The minimum Gasteiger partial charge on any atom is -0.482 e. The number of rotatable bonds is 8. The summed E-state index contributed by atoms with van der Waals surface area (Å²) in [5.41, 5.74) is 11.4. The average Bonchev–Trinajstić information content (AvgIpc) is 2.88. The lowest BCUT2D eigenvalue weighted by atomic mass is 9.76. The van der Waals surface area contributed by atoms with Gasteiger partial charge in [-0.25, -0.2) is 9.59 Å². The SMILES string of the molecule is NOC(=O)C(=C(N)C(c1ccccc1)c1ccccc1)C1CCc2c(cccc2OCC(=O)O)C1. The van der Waals surface area contributed by atoms with Crippen LogP contribution in [0.4, 0.5) is 0 Å². The van der Waals surface area contributed by atoms with Crippen molar-refractivity contribution in [2.24, 2.45) is 17.5 Å². The van der Waals surface area contributed by atoms with Crippen molar-refractivity contribution >= 4 is 11.9 Å². The van der Waals surface area contributed by atoms with E-state index in [-0.39, 0.29) is 11.8 Å². The Morgan fingerprint density at radius 3 is 2.14 bits per heavy atom. The highest BCUT2D eigenvalue weighted by Gasteiger charge is 2.33. The summed E-state index contributed by atoms with van der Waals surface area (Å²) >= 11 is 0. The van der Waals surface area contributed by atoms with Gasteiger partial charge in [-0.05, 0) is 53.5 Å². The molecule has 1 aliphatic carbocycles. The van der Waals surface area contributed by atoms with Gasteiger partial charge in [0.05, 0.1) is 5.57 Å². The molecule has 1 atom stereocenters. The standard InChI is InChI=1S/C28H28N2O5/c29-27(25(18-8-3-1-4-9-18)19-10-5-2-6-11-19)26(28(33)35-30)21-14-15-22-20(16-21)12-7-13-23(22)34-17-24(31)32/h1-13,21,25H,14-17,29-30H2,(H,31,32). The van der Waals surface area contributed by atoms with Gasteiger partial charge in [0.2, 0.25) is 0 Å². The van der Waals surface area contributed by atoms with Crippen LogP contribution < -0.4 is 16.4 Å². The molecule has 180 valence electrons. The third-order valence-corrected chi connectivity index (χ3v) is 6.41. The quantitative estimate of drug-likeness (QED) is 0.337. The van der Waals surface area contributed by atoms with Gasteiger partial charge in [0, 0.05) is 11.6 Å². The molecule has 1 aliphatic rings. The molecule has 0 heterocycles. The predicted molar refractivity (Wildman–Crippen MR) is 131 cm³/mol. The first-order valence-corrected chi connectivity index (χ1v) is 11.5. The van der Waals surface area contributed by atoms with E-state index in [1.54, 1.807) is 6.07 Å². The lowest BCUT2D eigenvalue weighted by Gasteiger charge is -2.30. The fourth-order valence-corrected chi connectivity index (χ4v) is 4.88. The highest BCUT2D eigenvalue weighted by Crippen LogP contribution is 2.39. The van der Waals surface area contributed by atoms with E-state index in [9.17, 15) is 9.59 Å². The lowest BCUT2D eigenvalue weighted by molar-refractivity contribution is -0.140. The fourth-order valence-electron chi connectivity index (χ4n) is 4.88. The second kappa shape index (κ2) is 10.9. The summed E-state index contributed by atoms with van der Waals surface area (Å²) in [6, 6.07) is 25.1. The summed E-state index contributed by atoms with van der Waals surface area (Å²) < 4.78 is 5.48. The number of hydrogen-bond acceptors (Lipinski definition) is 6. The van der Waals surface area contributed by atoms with E-state index >= 15 is 0 Å². The van der Waals surface area contributed by atoms with Crippen molar-refractivity contribution in [1.29, 1.82) is 0 Å². The van der Waals surface area contributed by atoms with Gasteiger partial charge in [0.25, 0.3) is 0 Å². The summed E-state index contributed by atoms with van der Waals surface area (Å²) in [7, 11) is 0. The van der Waals surface area contributed by atoms with Crippen molar-refractivity contribution in [2.45, 2.75) is 25.2 Å². The van der Waals surface area contributed by atoms with Gasteiger partial charge in [-0.3, -0.25) is 0 Å². The van der Waals surface area contributed by atoms with Gasteiger partial charge in [0.15, 0.2) is 6.61 Å². The number of hydrogen-bond donors (Lipinski definition) is 3. The zero-order valence-corrected chi connectivity index (χ0v) is 19.2. The second-order valence-electron chi connectivity index (χ2n) is 8.54. The van der Waals surface area contributed by atoms with Crippen LogP contribution in [0.1, 0.15) is 34.6 Å². The predicted octanol–water partition coefficient (Wildman–Crippen LogP) is 3.72. The maximum absolute atomic E-state index is 13.0. The third kappa shape index (κ3) is 5.36. The Labute approximate surface area is 203 Å². The molecule has 35 heavy (non-hydrogen) atoms. The highest BCUT2D eigenvalue weighted by atomic mass is 16.7. The number of carbonyl (C=O) groups is 2. The Morgan fingerprint density at radius 1 is 0.943 bits per heavy atom. The highest BCUT2D eigenvalue weighted by molar-refractivity contribution is 5.90. The van der Waals surface area contributed by atoms with Crippen LogP contribution in [0, 0.1) is 5.92 Å². The van der Waals surface area contributed by atoms with Crippen molar-refractivity contribution < 1.29 is 24.3 Å². The molecule has 0 radical (unpaired) electrons. The summed E-state index contributed by atoms with van der Waals surface area (Å²) in [6.07, 6.45) is 1.74. The Balaban J connectivity index is 1.75. The number of ether oxygens (including phenoxy) is 1. The van der Waals surface area contributed by atoms with Crippen LogP contribution in [-0.2, 0) is 27.3 Å². The molecule has 0 amide bonds. The van der Waals surface area contributed by atoms with Gasteiger partial charge in [-0.15, -0.1) is 0 Å². The fraction of sp³-hybridized carbons (Fsp3) is 0.214. The molecule has 4 rings (SSSR count). The van der Waals surface area contributed by atoms with Crippen molar-refractivity contribution in [3.8, 4) is 5.75 Å². The van der Waals surface area contributed by atoms with Crippen LogP contribution in [0.5, 0.6) is 5.75 Å². The third-order valence-electron chi connectivity index (χ3n) is 6.41. The summed E-state index contributed by atoms with van der Waals surface area (Å²) in [5, 5.41) is 8.97. The Kier molecular flexibility index (Phi) is 7.48. The first kappa shape index (κ1) is 24.0. The minimum atomic E-state index is -1.03. The zero-order valence-electron chi connectivity index (χ0n) is 19.2. The first-order valence-electron chi connectivity index (χ1n) is 11.5. The molecule has 0 bridgehead atoms. The summed E-state index contributed by atoms with van der Waals surface area (Å²) in [5.74, 6) is 3.67. The van der Waals surface area contributed by atoms with E-state index in [4.69, 9.17) is 26.3 Å². The monoisotopic (exact) mass is 472 g/mol. The van der Waals surface area contributed by atoms with E-state index in [1.165, 1.54) is 0 Å². The zero-order chi connectivity index (χ0) is 24.8. The number of carbonyl (C=O) groups excluding carboxylic acids is 1. The first-order chi connectivity index (χ1) is 17.0. The minimum absolute atomic E-state index is 0.219. The normalized spacial score (nSPS) is 15.7. The van der Waals surface area contributed by atoms with E-state index in [1.807, 2.05) is 72.8 Å². The number of carboxylic acid groups (broad SMARTS) is 1. The summed E-state index contributed by atoms with van der Waals surface area (Å²) in [6.45, 7) is -0.409. The molecule has 3 aromatic rings. The van der Waals surface area contributed by atoms with Crippen LogP contribution >= 0.6 is 0 Å². The van der Waals surface area contributed by atoms with Gasteiger partial charge >= 0.3 is 11.9 Å².